The molecule has 0 saturated heterocycles. The summed E-state index contributed by atoms with van der Waals surface area (Å²) in [6, 6.07) is 6.83. The van der Waals surface area contributed by atoms with Gasteiger partial charge in [-0.25, -0.2) is 4.79 Å². The fraction of sp³-hybridized carbons (Fsp3) is 0.375. The van der Waals surface area contributed by atoms with Gasteiger partial charge in [0.2, 0.25) is 0 Å². The van der Waals surface area contributed by atoms with Crippen LogP contribution >= 0.6 is 0 Å². The number of methoxy groups -OCH3 is 3. The van der Waals surface area contributed by atoms with Crippen molar-refractivity contribution < 1.29 is 19.0 Å². The summed E-state index contributed by atoms with van der Waals surface area (Å²) in [6.45, 7) is 1.53. The van der Waals surface area contributed by atoms with E-state index in [9.17, 15) is 4.79 Å². The van der Waals surface area contributed by atoms with Gasteiger partial charge in [0.15, 0.2) is 5.82 Å². The molecule has 24 heavy (non-hydrogen) atoms. The summed E-state index contributed by atoms with van der Waals surface area (Å²) in [5.74, 6) is 1.82. The van der Waals surface area contributed by atoms with Crippen molar-refractivity contribution in [3.05, 3.63) is 36.0 Å². The second-order valence-electron chi connectivity index (χ2n) is 4.99. The fourth-order valence-corrected chi connectivity index (χ4v) is 2.05. The predicted octanol–water partition coefficient (Wildman–Crippen LogP) is 1.87. The fourth-order valence-electron chi connectivity index (χ4n) is 2.05. The Morgan fingerprint density at radius 1 is 1.17 bits per heavy atom. The molecule has 8 heteroatoms. The van der Waals surface area contributed by atoms with E-state index in [0.717, 1.165) is 5.56 Å². The largest absolute Gasteiger partial charge is 0.497 e. The maximum Gasteiger partial charge on any atom is 0.320 e. The third-order valence-corrected chi connectivity index (χ3v) is 3.27. The summed E-state index contributed by atoms with van der Waals surface area (Å²) < 4.78 is 17.1. The first kappa shape index (κ1) is 17.6. The highest BCUT2D eigenvalue weighted by Crippen LogP contribution is 2.22. The molecule has 2 N–H and O–H groups in total. The van der Waals surface area contributed by atoms with Crippen LogP contribution in [0.25, 0.3) is 0 Å². The Bertz CT molecular complexity index is 650. The zero-order valence-electron chi connectivity index (χ0n) is 14.0. The Kier molecular flexibility index (Phi) is 6.44. The molecule has 0 unspecified atom stereocenters. The van der Waals surface area contributed by atoms with E-state index in [1.165, 1.54) is 0 Å². The van der Waals surface area contributed by atoms with Crippen LogP contribution in [0.3, 0.4) is 0 Å². The summed E-state index contributed by atoms with van der Waals surface area (Å²) >= 11 is 0. The molecule has 0 aliphatic rings. The average Bonchev–Trinajstić information content (AvgIpc) is 3.05. The molecule has 0 atom stereocenters. The molecule has 1 aromatic carbocycles. The van der Waals surface area contributed by atoms with Crippen LogP contribution in [0.1, 0.15) is 5.56 Å². The number of nitrogens with zero attached hydrogens (tertiary/aromatic N) is 2. The number of hydrogen-bond acceptors (Lipinski definition) is 5. The highest BCUT2D eigenvalue weighted by molar-refractivity contribution is 5.88. The molecular weight excluding hydrogens is 312 g/mol. The number of rotatable bonds is 8. The van der Waals surface area contributed by atoms with Gasteiger partial charge in [0.25, 0.3) is 0 Å². The van der Waals surface area contributed by atoms with Gasteiger partial charge < -0.3 is 19.5 Å². The minimum Gasteiger partial charge on any atom is -0.497 e. The number of amides is 2. The van der Waals surface area contributed by atoms with Crippen molar-refractivity contribution in [2.24, 2.45) is 0 Å². The number of hydrogen-bond donors (Lipinski definition) is 2. The lowest BCUT2D eigenvalue weighted by Crippen LogP contribution is -2.28. The van der Waals surface area contributed by atoms with Crippen molar-refractivity contribution in [3.63, 3.8) is 0 Å². The van der Waals surface area contributed by atoms with Gasteiger partial charge in [-0.15, -0.1) is 0 Å². The van der Waals surface area contributed by atoms with Crippen LogP contribution in [-0.4, -0.2) is 43.7 Å². The van der Waals surface area contributed by atoms with E-state index in [-0.39, 0.29) is 6.03 Å². The molecule has 0 spiro atoms. The van der Waals surface area contributed by atoms with Gasteiger partial charge in [-0.1, -0.05) is 0 Å². The molecule has 2 aromatic rings. The summed E-state index contributed by atoms with van der Waals surface area (Å²) in [5, 5.41) is 9.67. The van der Waals surface area contributed by atoms with Crippen LogP contribution in [0.15, 0.2) is 30.5 Å². The van der Waals surface area contributed by atoms with Crippen molar-refractivity contribution in [1.29, 1.82) is 0 Å². The van der Waals surface area contributed by atoms with Crippen molar-refractivity contribution in [3.8, 4) is 11.5 Å². The number of benzene rings is 1. The molecule has 8 nitrogen and oxygen atoms in total. The SMILES string of the molecule is COCCn1ccc(NC(=O)NCc2cc(OC)cc(OC)c2)n1. The van der Waals surface area contributed by atoms with Crippen LogP contribution in [0.5, 0.6) is 11.5 Å². The maximum atomic E-state index is 12.0. The Morgan fingerprint density at radius 2 is 1.88 bits per heavy atom. The Labute approximate surface area is 140 Å². The second kappa shape index (κ2) is 8.78. The van der Waals surface area contributed by atoms with E-state index in [4.69, 9.17) is 14.2 Å². The lowest BCUT2D eigenvalue weighted by Gasteiger charge is -2.10. The normalized spacial score (nSPS) is 10.3. The van der Waals surface area contributed by atoms with Gasteiger partial charge in [-0.3, -0.25) is 10.00 Å². The quantitative estimate of drug-likeness (QED) is 0.769. The van der Waals surface area contributed by atoms with Crippen molar-refractivity contribution in [1.82, 2.24) is 15.1 Å². The van der Waals surface area contributed by atoms with Gasteiger partial charge >= 0.3 is 6.03 Å². The molecule has 1 aromatic heterocycles. The predicted molar refractivity (Wildman–Crippen MR) is 89.5 cm³/mol. The van der Waals surface area contributed by atoms with E-state index in [2.05, 4.69) is 15.7 Å². The van der Waals surface area contributed by atoms with E-state index in [0.29, 0.717) is 37.0 Å². The molecular formula is C16H22N4O4. The molecule has 0 radical (unpaired) electrons. The van der Waals surface area contributed by atoms with Gasteiger partial charge in [-0.05, 0) is 17.7 Å². The van der Waals surface area contributed by atoms with Crippen molar-refractivity contribution in [2.45, 2.75) is 13.1 Å². The minimum atomic E-state index is -0.339. The van der Waals surface area contributed by atoms with Gasteiger partial charge in [0.1, 0.15) is 11.5 Å². The molecule has 130 valence electrons. The van der Waals surface area contributed by atoms with Crippen LogP contribution in [-0.2, 0) is 17.8 Å². The van der Waals surface area contributed by atoms with Crippen molar-refractivity contribution >= 4 is 11.8 Å². The number of nitrogens with one attached hydrogen (secondary N) is 2. The Balaban J connectivity index is 1.87. The zero-order valence-corrected chi connectivity index (χ0v) is 14.0. The molecule has 0 saturated carbocycles. The number of carbonyl (C=O) groups excluding carboxylic acids is 1. The highest BCUT2D eigenvalue weighted by atomic mass is 16.5. The maximum absolute atomic E-state index is 12.0. The molecule has 0 bridgehead atoms. The van der Waals surface area contributed by atoms with Crippen LogP contribution in [0, 0.1) is 0 Å². The standard InChI is InChI=1S/C16H22N4O4/c1-22-7-6-20-5-4-15(19-20)18-16(21)17-11-12-8-13(23-2)10-14(9-12)24-3/h4-5,8-10H,6-7,11H2,1-3H3,(H2,17,18,19,21). The first-order valence-electron chi connectivity index (χ1n) is 7.43. The summed E-state index contributed by atoms with van der Waals surface area (Å²) in [5.41, 5.74) is 0.868. The molecule has 2 amide bonds. The molecule has 0 fully saturated rings. The van der Waals surface area contributed by atoms with Crippen LogP contribution in [0.2, 0.25) is 0 Å². The number of aromatic nitrogens is 2. The lowest BCUT2D eigenvalue weighted by atomic mass is 10.2. The van der Waals surface area contributed by atoms with Crippen LogP contribution in [0.4, 0.5) is 10.6 Å². The third-order valence-electron chi connectivity index (χ3n) is 3.27. The number of anilines is 1. The summed E-state index contributed by atoms with van der Waals surface area (Å²) in [6.07, 6.45) is 1.78. The lowest BCUT2D eigenvalue weighted by molar-refractivity contribution is 0.183. The Morgan fingerprint density at radius 3 is 2.50 bits per heavy atom. The monoisotopic (exact) mass is 334 g/mol. The number of urea groups is 1. The zero-order chi connectivity index (χ0) is 17.4. The Hall–Kier alpha value is -2.74. The minimum absolute atomic E-state index is 0.337. The van der Waals surface area contributed by atoms with Crippen molar-refractivity contribution in [2.75, 3.05) is 33.3 Å². The second-order valence-corrected chi connectivity index (χ2v) is 4.99. The van der Waals surface area contributed by atoms with Gasteiger partial charge in [0, 0.05) is 32.0 Å². The smallest absolute Gasteiger partial charge is 0.320 e. The molecule has 0 aliphatic carbocycles. The first-order chi connectivity index (χ1) is 11.6. The molecule has 2 rings (SSSR count). The number of ether oxygens (including phenoxy) is 3. The molecule has 0 aliphatic heterocycles. The van der Waals surface area contributed by atoms with Gasteiger partial charge in [0.05, 0.1) is 27.4 Å². The third kappa shape index (κ3) is 5.17. The average molecular weight is 334 g/mol. The first-order valence-corrected chi connectivity index (χ1v) is 7.43. The van der Waals surface area contributed by atoms with Gasteiger partial charge in [-0.2, -0.15) is 5.10 Å². The van der Waals surface area contributed by atoms with E-state index in [1.807, 2.05) is 12.1 Å². The topological polar surface area (TPSA) is 86.6 Å². The summed E-state index contributed by atoms with van der Waals surface area (Å²) in [4.78, 5) is 12.0. The summed E-state index contributed by atoms with van der Waals surface area (Å²) in [7, 11) is 4.79. The number of carbonyl (C=O) groups is 1. The van der Waals surface area contributed by atoms with E-state index in [1.54, 1.807) is 44.3 Å². The van der Waals surface area contributed by atoms with Crippen LogP contribution < -0.4 is 20.1 Å². The molecule has 1 heterocycles. The van der Waals surface area contributed by atoms with E-state index < -0.39 is 0 Å². The highest BCUT2D eigenvalue weighted by Gasteiger charge is 2.06. The van der Waals surface area contributed by atoms with E-state index >= 15 is 0 Å².